The van der Waals surface area contributed by atoms with Gasteiger partial charge in [0.05, 0.1) is 18.8 Å². The van der Waals surface area contributed by atoms with Crippen LogP contribution in [-0.4, -0.2) is 28.8 Å². The number of benzene rings is 2. The molecule has 4 rings (SSSR count). The third kappa shape index (κ3) is 3.06. The molecule has 2 aromatic heterocycles. The summed E-state index contributed by atoms with van der Waals surface area (Å²) in [6.45, 7) is 2.00. The number of hydrogen-bond acceptors (Lipinski definition) is 6. The summed E-state index contributed by atoms with van der Waals surface area (Å²) in [5.74, 6) is 1.82. The van der Waals surface area contributed by atoms with E-state index in [1.165, 1.54) is 15.9 Å². The van der Waals surface area contributed by atoms with E-state index in [0.29, 0.717) is 26.8 Å². The van der Waals surface area contributed by atoms with Crippen molar-refractivity contribution in [1.29, 1.82) is 0 Å². The number of aromatic nitrogens is 3. The van der Waals surface area contributed by atoms with Gasteiger partial charge in [-0.25, -0.2) is 0 Å². The molecular weight excluding hydrogens is 362 g/mol. The van der Waals surface area contributed by atoms with Gasteiger partial charge in [0, 0.05) is 5.56 Å². The van der Waals surface area contributed by atoms with Crippen molar-refractivity contribution in [2.24, 2.45) is 0 Å². The van der Waals surface area contributed by atoms with Gasteiger partial charge in [-0.2, -0.15) is 9.50 Å². The largest absolute Gasteiger partial charge is 0.493 e. The monoisotopic (exact) mass is 379 g/mol. The molecule has 0 N–H and O–H groups in total. The van der Waals surface area contributed by atoms with Gasteiger partial charge < -0.3 is 9.47 Å². The molecular formula is C20H17N3O3S. The maximum Gasteiger partial charge on any atom is 0.291 e. The third-order valence-electron chi connectivity index (χ3n) is 4.27. The van der Waals surface area contributed by atoms with Crippen LogP contribution in [0.3, 0.4) is 0 Å². The number of methoxy groups -OCH3 is 2. The second-order valence-electron chi connectivity index (χ2n) is 5.97. The topological polar surface area (TPSA) is 65.7 Å². The minimum absolute atomic E-state index is 0.183. The number of fused-ring (bicyclic) bond motifs is 1. The molecule has 0 saturated carbocycles. The van der Waals surface area contributed by atoms with Crippen molar-refractivity contribution in [2.45, 2.75) is 6.92 Å². The normalized spacial score (nSPS) is 11.9. The van der Waals surface area contributed by atoms with Gasteiger partial charge in [-0.1, -0.05) is 41.7 Å². The maximum absolute atomic E-state index is 12.7. The van der Waals surface area contributed by atoms with Gasteiger partial charge in [0.15, 0.2) is 17.3 Å². The van der Waals surface area contributed by atoms with Gasteiger partial charge >= 0.3 is 0 Å². The molecule has 7 heteroatoms. The zero-order valence-corrected chi connectivity index (χ0v) is 15.9. The average molecular weight is 379 g/mol. The van der Waals surface area contributed by atoms with Crippen molar-refractivity contribution in [1.82, 2.24) is 14.6 Å². The zero-order valence-electron chi connectivity index (χ0n) is 15.1. The summed E-state index contributed by atoms with van der Waals surface area (Å²) in [6.07, 6.45) is 1.80. The Morgan fingerprint density at radius 2 is 1.85 bits per heavy atom. The summed E-state index contributed by atoms with van der Waals surface area (Å²) in [5.41, 5.74) is 2.66. The quantitative estimate of drug-likeness (QED) is 0.545. The first-order chi connectivity index (χ1) is 13.1. The third-order valence-corrected chi connectivity index (χ3v) is 5.23. The van der Waals surface area contributed by atoms with E-state index in [4.69, 9.17) is 9.47 Å². The van der Waals surface area contributed by atoms with Crippen LogP contribution in [0.4, 0.5) is 0 Å². The molecule has 136 valence electrons. The number of aryl methyl sites for hydroxylation is 1. The Hall–Kier alpha value is -3.19. The Balaban J connectivity index is 1.79. The SMILES string of the molecule is COc1ccc(/C=c2\sc3nc(-c4ccccc4C)nn3c2=O)cc1OC. The van der Waals surface area contributed by atoms with E-state index < -0.39 is 0 Å². The van der Waals surface area contributed by atoms with E-state index in [9.17, 15) is 4.79 Å². The molecule has 6 nitrogen and oxygen atoms in total. The number of nitrogens with zero attached hydrogens (tertiary/aromatic N) is 3. The number of ether oxygens (including phenoxy) is 2. The van der Waals surface area contributed by atoms with Crippen molar-refractivity contribution in [2.75, 3.05) is 14.2 Å². The van der Waals surface area contributed by atoms with Crippen molar-refractivity contribution in [3.63, 3.8) is 0 Å². The summed E-state index contributed by atoms with van der Waals surface area (Å²) >= 11 is 1.31. The van der Waals surface area contributed by atoms with E-state index >= 15 is 0 Å². The summed E-state index contributed by atoms with van der Waals surface area (Å²) in [4.78, 5) is 17.8. The van der Waals surface area contributed by atoms with Gasteiger partial charge in [-0.15, -0.1) is 5.10 Å². The molecule has 2 heterocycles. The molecule has 0 spiro atoms. The molecule has 0 radical (unpaired) electrons. The Morgan fingerprint density at radius 1 is 1.07 bits per heavy atom. The van der Waals surface area contributed by atoms with Crippen LogP contribution in [0.25, 0.3) is 22.4 Å². The highest BCUT2D eigenvalue weighted by Crippen LogP contribution is 2.27. The molecule has 0 amide bonds. The number of rotatable bonds is 4. The molecule has 0 saturated heterocycles. The van der Waals surface area contributed by atoms with E-state index in [2.05, 4.69) is 10.1 Å². The highest BCUT2D eigenvalue weighted by atomic mass is 32.1. The Morgan fingerprint density at radius 3 is 2.56 bits per heavy atom. The lowest BCUT2D eigenvalue weighted by atomic mass is 10.1. The van der Waals surface area contributed by atoms with Gasteiger partial charge in [-0.3, -0.25) is 4.79 Å². The van der Waals surface area contributed by atoms with Crippen molar-refractivity contribution in [3.05, 3.63) is 68.5 Å². The van der Waals surface area contributed by atoms with Gasteiger partial charge in [-0.05, 0) is 36.3 Å². The standard InChI is InChI=1S/C20H17N3O3S/c1-12-6-4-5-7-14(12)18-21-20-23(22-18)19(24)17(27-20)11-13-8-9-15(25-2)16(10-13)26-3/h4-11H,1-3H3/b17-11-. The van der Waals surface area contributed by atoms with Crippen LogP contribution in [0, 0.1) is 6.92 Å². The second-order valence-corrected chi connectivity index (χ2v) is 6.98. The molecule has 0 unspecified atom stereocenters. The first kappa shape index (κ1) is 17.2. The summed E-state index contributed by atoms with van der Waals surface area (Å²) in [6, 6.07) is 13.4. The fourth-order valence-electron chi connectivity index (χ4n) is 2.87. The summed E-state index contributed by atoms with van der Waals surface area (Å²) in [7, 11) is 3.17. The van der Waals surface area contributed by atoms with Crippen LogP contribution in [0.5, 0.6) is 11.5 Å². The predicted molar refractivity (Wildman–Crippen MR) is 106 cm³/mol. The smallest absolute Gasteiger partial charge is 0.291 e. The van der Waals surface area contributed by atoms with E-state index in [0.717, 1.165) is 16.7 Å². The molecule has 0 aliphatic heterocycles. The van der Waals surface area contributed by atoms with Gasteiger partial charge in [0.2, 0.25) is 4.96 Å². The maximum atomic E-state index is 12.7. The van der Waals surface area contributed by atoms with Crippen LogP contribution in [0.2, 0.25) is 0 Å². The van der Waals surface area contributed by atoms with Crippen molar-refractivity contribution < 1.29 is 9.47 Å². The lowest BCUT2D eigenvalue weighted by Crippen LogP contribution is -2.23. The highest BCUT2D eigenvalue weighted by molar-refractivity contribution is 7.15. The first-order valence-corrected chi connectivity index (χ1v) is 9.11. The fourth-order valence-corrected chi connectivity index (χ4v) is 3.77. The molecule has 0 aliphatic rings. The molecule has 0 atom stereocenters. The van der Waals surface area contributed by atoms with E-state index in [1.807, 2.05) is 49.4 Å². The average Bonchev–Trinajstić information content (AvgIpc) is 3.21. The second kappa shape index (κ2) is 6.85. The van der Waals surface area contributed by atoms with Crippen molar-refractivity contribution >= 4 is 22.4 Å². The van der Waals surface area contributed by atoms with Crippen LogP contribution >= 0.6 is 11.3 Å². The Kier molecular flexibility index (Phi) is 4.37. The number of hydrogen-bond donors (Lipinski definition) is 0. The summed E-state index contributed by atoms with van der Waals surface area (Å²) < 4.78 is 12.5. The van der Waals surface area contributed by atoms with E-state index in [-0.39, 0.29) is 5.56 Å². The fraction of sp³-hybridized carbons (Fsp3) is 0.150. The minimum Gasteiger partial charge on any atom is -0.493 e. The van der Waals surface area contributed by atoms with Gasteiger partial charge in [0.25, 0.3) is 5.56 Å². The Labute approximate surface area is 159 Å². The lowest BCUT2D eigenvalue weighted by Gasteiger charge is -2.07. The van der Waals surface area contributed by atoms with Crippen LogP contribution in [-0.2, 0) is 0 Å². The highest BCUT2D eigenvalue weighted by Gasteiger charge is 2.13. The Bertz CT molecular complexity index is 1240. The van der Waals surface area contributed by atoms with Crippen LogP contribution < -0.4 is 19.6 Å². The molecule has 0 fully saturated rings. The number of thiazole rings is 1. The van der Waals surface area contributed by atoms with Crippen molar-refractivity contribution in [3.8, 4) is 22.9 Å². The van der Waals surface area contributed by atoms with Crippen LogP contribution in [0.15, 0.2) is 47.3 Å². The predicted octanol–water partition coefficient (Wildman–Crippen LogP) is 2.69. The van der Waals surface area contributed by atoms with Gasteiger partial charge in [0.1, 0.15) is 0 Å². The minimum atomic E-state index is -0.183. The summed E-state index contributed by atoms with van der Waals surface area (Å²) in [5, 5.41) is 4.41. The zero-order chi connectivity index (χ0) is 19.0. The molecule has 0 aliphatic carbocycles. The first-order valence-electron chi connectivity index (χ1n) is 8.30. The molecule has 4 aromatic rings. The van der Waals surface area contributed by atoms with E-state index in [1.54, 1.807) is 20.3 Å². The lowest BCUT2D eigenvalue weighted by molar-refractivity contribution is 0.355. The van der Waals surface area contributed by atoms with Crippen LogP contribution in [0.1, 0.15) is 11.1 Å². The molecule has 27 heavy (non-hydrogen) atoms. The molecule has 2 aromatic carbocycles. The molecule has 0 bridgehead atoms.